The fraction of sp³-hybridized carbons (Fsp3) is 0.750. The van der Waals surface area contributed by atoms with Crippen LogP contribution in [0.25, 0.3) is 0 Å². The molecule has 1 aromatic rings. The van der Waals surface area contributed by atoms with Gasteiger partial charge in [0.05, 0.1) is 6.20 Å². The molecule has 0 bridgehead atoms. The van der Waals surface area contributed by atoms with Gasteiger partial charge in [-0.25, -0.2) is 4.72 Å². The number of carbonyl (C=O) groups excluding carboxylic acids is 1. The van der Waals surface area contributed by atoms with Crippen LogP contribution < -0.4 is 4.72 Å². The second kappa shape index (κ2) is 7.43. The molecule has 2 fully saturated rings. The lowest BCUT2D eigenvalue weighted by molar-refractivity contribution is -0.137. The Balaban J connectivity index is 1.50. The molecule has 2 aliphatic heterocycles. The Morgan fingerprint density at radius 3 is 2.32 bits per heavy atom. The normalized spacial score (nSPS) is 21.6. The summed E-state index contributed by atoms with van der Waals surface area (Å²) in [4.78, 5) is 14.7. The fourth-order valence-electron chi connectivity index (χ4n) is 3.81. The van der Waals surface area contributed by atoms with Crippen molar-refractivity contribution in [2.45, 2.75) is 31.6 Å². The van der Waals surface area contributed by atoms with Crippen LogP contribution >= 0.6 is 0 Å². The number of hydrogen-bond donors (Lipinski definition) is 1. The minimum Gasteiger partial charge on any atom is -0.342 e. The SMILES string of the molecule is CNS(=O)(=O)N1CCC(C(=O)N2CCC(c3cnn(C)c3)CC2)CC1. The van der Waals surface area contributed by atoms with Crippen molar-refractivity contribution in [3.8, 4) is 0 Å². The van der Waals surface area contributed by atoms with Crippen molar-refractivity contribution in [3.05, 3.63) is 18.0 Å². The maximum atomic E-state index is 12.8. The summed E-state index contributed by atoms with van der Waals surface area (Å²) in [5, 5.41) is 4.23. The van der Waals surface area contributed by atoms with Gasteiger partial charge in [-0.05, 0) is 37.2 Å². The lowest BCUT2D eigenvalue weighted by Crippen LogP contribution is -2.48. The minimum atomic E-state index is -3.38. The topological polar surface area (TPSA) is 87.5 Å². The van der Waals surface area contributed by atoms with Crippen LogP contribution in [-0.4, -0.2) is 66.5 Å². The van der Waals surface area contributed by atoms with Crippen LogP contribution in [0.15, 0.2) is 12.4 Å². The van der Waals surface area contributed by atoms with Gasteiger partial charge >= 0.3 is 0 Å². The zero-order chi connectivity index (χ0) is 18.0. The minimum absolute atomic E-state index is 0.0572. The van der Waals surface area contributed by atoms with E-state index in [0.717, 1.165) is 25.9 Å². The predicted octanol–water partition coefficient (Wildman–Crippen LogP) is 0.302. The van der Waals surface area contributed by atoms with E-state index in [-0.39, 0.29) is 11.8 Å². The summed E-state index contributed by atoms with van der Waals surface area (Å²) in [6.07, 6.45) is 7.10. The van der Waals surface area contributed by atoms with Gasteiger partial charge in [0.25, 0.3) is 10.2 Å². The Bertz CT molecular complexity index is 701. The molecule has 3 rings (SSSR count). The van der Waals surface area contributed by atoms with Crippen molar-refractivity contribution >= 4 is 16.1 Å². The first-order valence-corrected chi connectivity index (χ1v) is 10.3. The molecule has 3 heterocycles. The van der Waals surface area contributed by atoms with Gasteiger partial charge in [-0.2, -0.15) is 17.8 Å². The van der Waals surface area contributed by atoms with Gasteiger partial charge in [-0.3, -0.25) is 9.48 Å². The molecule has 0 radical (unpaired) electrons. The quantitative estimate of drug-likeness (QED) is 0.827. The van der Waals surface area contributed by atoms with Gasteiger partial charge < -0.3 is 4.90 Å². The van der Waals surface area contributed by atoms with Gasteiger partial charge in [0, 0.05) is 52.4 Å². The summed E-state index contributed by atoms with van der Waals surface area (Å²) >= 11 is 0. The summed E-state index contributed by atoms with van der Waals surface area (Å²) in [6, 6.07) is 0. The number of piperidine rings is 2. The Labute approximate surface area is 149 Å². The molecule has 0 aromatic carbocycles. The van der Waals surface area contributed by atoms with Crippen molar-refractivity contribution < 1.29 is 13.2 Å². The number of amides is 1. The van der Waals surface area contributed by atoms with E-state index in [4.69, 9.17) is 0 Å². The van der Waals surface area contributed by atoms with Crippen LogP contribution in [0.2, 0.25) is 0 Å². The number of aryl methyl sites for hydroxylation is 1. The summed E-state index contributed by atoms with van der Waals surface area (Å²) < 4.78 is 29.2. The number of rotatable bonds is 4. The molecule has 9 heteroatoms. The van der Waals surface area contributed by atoms with Gasteiger partial charge in [-0.1, -0.05) is 0 Å². The molecule has 2 saturated heterocycles. The largest absolute Gasteiger partial charge is 0.342 e. The van der Waals surface area contributed by atoms with E-state index in [0.29, 0.717) is 31.8 Å². The Kier molecular flexibility index (Phi) is 5.45. The second-order valence-electron chi connectivity index (χ2n) is 6.93. The average molecular weight is 369 g/mol. The third-order valence-electron chi connectivity index (χ3n) is 5.40. The number of nitrogens with zero attached hydrogens (tertiary/aromatic N) is 4. The highest BCUT2D eigenvalue weighted by Crippen LogP contribution is 2.29. The van der Waals surface area contributed by atoms with Gasteiger partial charge in [0.2, 0.25) is 5.91 Å². The molecule has 0 unspecified atom stereocenters. The van der Waals surface area contributed by atoms with Crippen molar-refractivity contribution in [2.24, 2.45) is 13.0 Å². The second-order valence-corrected chi connectivity index (χ2v) is 8.80. The molecule has 140 valence electrons. The summed E-state index contributed by atoms with van der Waals surface area (Å²) in [5.41, 5.74) is 1.25. The number of nitrogens with one attached hydrogen (secondary N) is 1. The van der Waals surface area contributed by atoms with Gasteiger partial charge in [0.1, 0.15) is 0 Å². The van der Waals surface area contributed by atoms with E-state index in [2.05, 4.69) is 16.0 Å². The van der Waals surface area contributed by atoms with Crippen molar-refractivity contribution in [2.75, 3.05) is 33.2 Å². The fourth-order valence-corrected chi connectivity index (χ4v) is 4.76. The van der Waals surface area contributed by atoms with E-state index in [1.807, 2.05) is 22.8 Å². The maximum Gasteiger partial charge on any atom is 0.279 e. The molecule has 0 spiro atoms. The van der Waals surface area contributed by atoms with E-state index in [1.54, 1.807) is 0 Å². The highest BCUT2D eigenvalue weighted by molar-refractivity contribution is 7.87. The first kappa shape index (κ1) is 18.3. The molecule has 0 atom stereocenters. The monoisotopic (exact) mass is 369 g/mol. The van der Waals surface area contributed by atoms with Crippen LogP contribution in [0.3, 0.4) is 0 Å². The molecule has 0 aliphatic carbocycles. The molecule has 8 nitrogen and oxygen atoms in total. The number of carbonyl (C=O) groups is 1. The standard InChI is InChI=1S/C16H27N5O3S/c1-17-25(23,24)21-9-5-14(6-10-21)16(22)20-7-3-13(4-8-20)15-11-18-19(2)12-15/h11-14,17H,3-10H2,1-2H3. The summed E-state index contributed by atoms with van der Waals surface area (Å²) in [6.45, 7) is 2.36. The van der Waals surface area contributed by atoms with Crippen molar-refractivity contribution in [3.63, 3.8) is 0 Å². The molecule has 0 saturated carbocycles. The number of hydrogen-bond acceptors (Lipinski definition) is 4. The molecule has 25 heavy (non-hydrogen) atoms. The van der Waals surface area contributed by atoms with Gasteiger partial charge in [0.15, 0.2) is 0 Å². The Hall–Kier alpha value is -1.45. The number of aromatic nitrogens is 2. The molecular weight excluding hydrogens is 342 g/mol. The van der Waals surface area contributed by atoms with E-state index in [9.17, 15) is 13.2 Å². The lowest BCUT2D eigenvalue weighted by atomic mass is 9.90. The van der Waals surface area contributed by atoms with E-state index in [1.165, 1.54) is 16.9 Å². The lowest BCUT2D eigenvalue weighted by Gasteiger charge is -2.36. The third-order valence-corrected chi connectivity index (χ3v) is 6.96. The zero-order valence-electron chi connectivity index (χ0n) is 14.9. The summed E-state index contributed by atoms with van der Waals surface area (Å²) in [7, 11) is -0.0456. The van der Waals surface area contributed by atoms with Crippen molar-refractivity contribution in [1.82, 2.24) is 23.7 Å². The molecule has 2 aliphatic rings. The Morgan fingerprint density at radius 1 is 1.16 bits per heavy atom. The first-order valence-electron chi connectivity index (χ1n) is 8.86. The molecule has 1 aromatic heterocycles. The third kappa shape index (κ3) is 4.04. The smallest absolute Gasteiger partial charge is 0.279 e. The van der Waals surface area contributed by atoms with Crippen molar-refractivity contribution in [1.29, 1.82) is 0 Å². The highest BCUT2D eigenvalue weighted by Gasteiger charge is 2.34. The average Bonchev–Trinajstić information content (AvgIpc) is 3.08. The molecule has 1 N–H and O–H groups in total. The Morgan fingerprint density at radius 2 is 1.80 bits per heavy atom. The number of likely N-dealkylation sites (tertiary alicyclic amines) is 1. The van der Waals surface area contributed by atoms with Crippen LogP contribution in [-0.2, 0) is 22.1 Å². The maximum absolute atomic E-state index is 12.8. The van der Waals surface area contributed by atoms with E-state index < -0.39 is 10.2 Å². The molecular formula is C16H27N5O3S. The van der Waals surface area contributed by atoms with Gasteiger partial charge in [-0.15, -0.1) is 0 Å². The van der Waals surface area contributed by atoms with Crippen LogP contribution in [0.5, 0.6) is 0 Å². The predicted molar refractivity (Wildman–Crippen MR) is 94.0 cm³/mol. The summed E-state index contributed by atoms with van der Waals surface area (Å²) in [5.74, 6) is 0.602. The molecule has 1 amide bonds. The first-order chi connectivity index (χ1) is 11.9. The zero-order valence-corrected chi connectivity index (χ0v) is 15.7. The van der Waals surface area contributed by atoms with Crippen LogP contribution in [0, 0.1) is 5.92 Å². The van der Waals surface area contributed by atoms with Crippen LogP contribution in [0.1, 0.15) is 37.2 Å². The highest BCUT2D eigenvalue weighted by atomic mass is 32.2. The van der Waals surface area contributed by atoms with Crippen LogP contribution in [0.4, 0.5) is 0 Å². The van der Waals surface area contributed by atoms with E-state index >= 15 is 0 Å².